The van der Waals surface area contributed by atoms with Crippen LogP contribution in [0.5, 0.6) is 0 Å². The van der Waals surface area contributed by atoms with Gasteiger partial charge in [0, 0.05) is 42.1 Å². The second-order valence-corrected chi connectivity index (χ2v) is 9.59. The number of hydrogen-bond acceptors (Lipinski definition) is 5. The number of benzene rings is 2. The van der Waals surface area contributed by atoms with Gasteiger partial charge in [0.05, 0.1) is 30.5 Å². The molecular weight excluding hydrogens is 515 g/mol. The molecule has 0 radical (unpaired) electrons. The van der Waals surface area contributed by atoms with Gasteiger partial charge in [-0.1, -0.05) is 17.7 Å². The highest BCUT2D eigenvalue weighted by atomic mass is 35.5. The van der Waals surface area contributed by atoms with Gasteiger partial charge in [-0.3, -0.25) is 23.7 Å². The maximum Gasteiger partial charge on any atom is 0.255 e. The predicted octanol–water partition coefficient (Wildman–Crippen LogP) is 3.07. The molecule has 0 unspecified atom stereocenters. The number of rotatable bonds is 6. The Morgan fingerprint density at radius 2 is 1.74 bits per heavy atom. The molecule has 3 aromatic rings. The standard InChI is InChI=1S/C27H24ClFN4O5/c28-17-4-6-18(7-5-17)30-24(35)20-16-27(20,26(37)32-11-13-38-14-12-32)25(36)31-22-9-8-19(15-21(22)29)33-10-2-1-3-23(33)34/h1-10,15,20H,11-14,16H2,(H,30,35)(H,31,36)/t20-,27+/m1/s1. The molecule has 1 aliphatic heterocycles. The average Bonchev–Trinajstić information content (AvgIpc) is 3.69. The zero-order valence-electron chi connectivity index (χ0n) is 20.2. The third-order valence-electron chi connectivity index (χ3n) is 6.78. The van der Waals surface area contributed by atoms with Crippen molar-refractivity contribution in [3.8, 4) is 5.69 Å². The van der Waals surface area contributed by atoms with Crippen molar-refractivity contribution in [3.63, 3.8) is 0 Å². The highest BCUT2D eigenvalue weighted by molar-refractivity contribution is 6.30. The Bertz CT molecular complexity index is 1450. The first-order valence-corrected chi connectivity index (χ1v) is 12.4. The summed E-state index contributed by atoms with van der Waals surface area (Å²) in [6.45, 7) is 1.21. The summed E-state index contributed by atoms with van der Waals surface area (Å²) >= 11 is 5.91. The molecule has 2 aromatic carbocycles. The van der Waals surface area contributed by atoms with Crippen molar-refractivity contribution in [3.05, 3.63) is 88.1 Å². The van der Waals surface area contributed by atoms with Gasteiger partial charge in [-0.15, -0.1) is 0 Å². The molecule has 1 saturated heterocycles. The van der Waals surface area contributed by atoms with E-state index in [4.69, 9.17) is 16.3 Å². The summed E-state index contributed by atoms with van der Waals surface area (Å²) in [5.74, 6) is -3.50. The van der Waals surface area contributed by atoms with Crippen molar-refractivity contribution in [1.29, 1.82) is 0 Å². The predicted molar refractivity (Wildman–Crippen MR) is 139 cm³/mol. The van der Waals surface area contributed by atoms with E-state index in [-0.39, 0.29) is 36.4 Å². The Hall–Kier alpha value is -4.02. The Labute approximate surface area is 222 Å². The van der Waals surface area contributed by atoms with Crippen LogP contribution in [0, 0.1) is 17.2 Å². The molecule has 2 atom stereocenters. The van der Waals surface area contributed by atoms with Gasteiger partial charge in [0.25, 0.3) is 5.56 Å². The normalized spacial score (nSPS) is 20.5. The van der Waals surface area contributed by atoms with E-state index in [1.54, 1.807) is 36.4 Å². The van der Waals surface area contributed by atoms with Gasteiger partial charge in [0.2, 0.25) is 17.7 Å². The monoisotopic (exact) mass is 538 g/mol. The number of halogens is 2. The topological polar surface area (TPSA) is 110 Å². The van der Waals surface area contributed by atoms with Crippen LogP contribution in [-0.2, 0) is 19.1 Å². The molecule has 0 spiro atoms. The Morgan fingerprint density at radius 3 is 2.42 bits per heavy atom. The lowest BCUT2D eigenvalue weighted by molar-refractivity contribution is -0.147. The molecule has 1 aliphatic carbocycles. The highest BCUT2D eigenvalue weighted by Gasteiger charge is 2.69. The average molecular weight is 539 g/mol. The molecule has 2 heterocycles. The van der Waals surface area contributed by atoms with Crippen molar-refractivity contribution in [2.24, 2.45) is 11.3 Å². The number of nitrogens with one attached hydrogen (secondary N) is 2. The van der Waals surface area contributed by atoms with E-state index < -0.39 is 34.9 Å². The van der Waals surface area contributed by atoms with Crippen molar-refractivity contribution >= 4 is 40.7 Å². The maximum absolute atomic E-state index is 15.0. The Kier molecular flexibility index (Phi) is 7.00. The number of carbonyl (C=O) groups excluding carboxylic acids is 3. The van der Waals surface area contributed by atoms with Crippen LogP contribution in [0.4, 0.5) is 15.8 Å². The van der Waals surface area contributed by atoms with E-state index >= 15 is 4.39 Å². The smallest absolute Gasteiger partial charge is 0.255 e. The number of ether oxygens (including phenoxy) is 1. The minimum Gasteiger partial charge on any atom is -0.378 e. The zero-order valence-corrected chi connectivity index (χ0v) is 20.9. The summed E-state index contributed by atoms with van der Waals surface area (Å²) in [5, 5.41) is 5.73. The van der Waals surface area contributed by atoms with Crippen LogP contribution in [-0.4, -0.2) is 53.5 Å². The number of morpholine rings is 1. The van der Waals surface area contributed by atoms with E-state index in [0.29, 0.717) is 23.9 Å². The summed E-state index contributed by atoms with van der Waals surface area (Å²) in [5.41, 5.74) is -1.45. The van der Waals surface area contributed by atoms with Crippen LogP contribution in [0.2, 0.25) is 5.02 Å². The lowest BCUT2D eigenvalue weighted by Gasteiger charge is -2.30. The minimum absolute atomic E-state index is 0.0203. The van der Waals surface area contributed by atoms with E-state index in [9.17, 15) is 19.2 Å². The first kappa shape index (κ1) is 25.6. The van der Waals surface area contributed by atoms with Gasteiger partial charge in [0.1, 0.15) is 11.2 Å². The van der Waals surface area contributed by atoms with Gasteiger partial charge in [-0.25, -0.2) is 4.39 Å². The number of aromatic nitrogens is 1. The molecule has 196 valence electrons. The largest absolute Gasteiger partial charge is 0.378 e. The van der Waals surface area contributed by atoms with E-state index in [1.165, 1.54) is 33.9 Å². The molecule has 3 amide bonds. The minimum atomic E-state index is -1.69. The number of amides is 3. The van der Waals surface area contributed by atoms with Crippen molar-refractivity contribution in [2.75, 3.05) is 36.9 Å². The number of pyridine rings is 1. The zero-order chi connectivity index (χ0) is 26.9. The fourth-order valence-electron chi connectivity index (χ4n) is 4.60. The molecule has 2 fully saturated rings. The van der Waals surface area contributed by atoms with Crippen LogP contribution in [0.3, 0.4) is 0 Å². The molecule has 11 heteroatoms. The quantitative estimate of drug-likeness (QED) is 0.469. The summed E-state index contributed by atoms with van der Waals surface area (Å²) in [7, 11) is 0. The fourth-order valence-corrected chi connectivity index (χ4v) is 4.73. The SMILES string of the molecule is O=C(Nc1ccc(Cl)cc1)[C@H]1C[C@]1(C(=O)Nc1ccc(-n2ccccc2=O)cc1F)C(=O)N1CCOCC1. The first-order valence-electron chi connectivity index (χ1n) is 12.0. The summed E-state index contributed by atoms with van der Waals surface area (Å²) in [6, 6.07) is 14.9. The van der Waals surface area contributed by atoms with Crippen LogP contribution in [0.1, 0.15) is 6.42 Å². The Morgan fingerprint density at radius 1 is 1.00 bits per heavy atom. The maximum atomic E-state index is 15.0. The molecular formula is C27H24ClFN4O5. The summed E-state index contributed by atoms with van der Waals surface area (Å²) in [4.78, 5) is 53.8. The Balaban J connectivity index is 1.39. The molecule has 0 bridgehead atoms. The second kappa shape index (κ2) is 10.4. The third-order valence-corrected chi connectivity index (χ3v) is 7.03. The summed E-state index contributed by atoms with van der Waals surface area (Å²) in [6.07, 6.45) is 1.48. The summed E-state index contributed by atoms with van der Waals surface area (Å²) < 4.78 is 21.6. The van der Waals surface area contributed by atoms with Crippen molar-refractivity contribution in [2.45, 2.75) is 6.42 Å². The highest BCUT2D eigenvalue weighted by Crippen LogP contribution is 2.55. The van der Waals surface area contributed by atoms with Gasteiger partial charge < -0.3 is 20.3 Å². The number of nitrogens with zero attached hydrogens (tertiary/aromatic N) is 2. The van der Waals surface area contributed by atoms with Crippen LogP contribution >= 0.6 is 11.6 Å². The molecule has 5 rings (SSSR count). The van der Waals surface area contributed by atoms with Gasteiger partial charge in [-0.05, 0) is 48.9 Å². The molecule has 9 nitrogen and oxygen atoms in total. The second-order valence-electron chi connectivity index (χ2n) is 9.16. The lowest BCUT2D eigenvalue weighted by Crippen LogP contribution is -2.49. The van der Waals surface area contributed by atoms with E-state index in [2.05, 4.69) is 10.6 Å². The van der Waals surface area contributed by atoms with E-state index in [1.807, 2.05) is 0 Å². The van der Waals surface area contributed by atoms with Gasteiger partial charge >= 0.3 is 0 Å². The number of hydrogen-bond donors (Lipinski definition) is 2. The molecule has 1 saturated carbocycles. The van der Waals surface area contributed by atoms with Crippen LogP contribution in [0.15, 0.2) is 71.7 Å². The van der Waals surface area contributed by atoms with Crippen molar-refractivity contribution in [1.82, 2.24) is 9.47 Å². The molecule has 2 aliphatic rings. The molecule has 2 N–H and O–H groups in total. The van der Waals surface area contributed by atoms with E-state index in [0.717, 1.165) is 6.07 Å². The molecule has 38 heavy (non-hydrogen) atoms. The lowest BCUT2D eigenvalue weighted by atomic mass is 9.98. The van der Waals surface area contributed by atoms with Crippen molar-refractivity contribution < 1.29 is 23.5 Å². The van der Waals surface area contributed by atoms with Gasteiger partial charge in [-0.2, -0.15) is 0 Å². The fraction of sp³-hybridized carbons (Fsp3) is 0.259. The van der Waals surface area contributed by atoms with Crippen LogP contribution < -0.4 is 16.2 Å². The number of anilines is 2. The third kappa shape index (κ3) is 4.92. The number of carbonyl (C=O) groups is 3. The van der Waals surface area contributed by atoms with Crippen LogP contribution in [0.25, 0.3) is 5.69 Å². The first-order chi connectivity index (χ1) is 18.3. The molecule has 1 aromatic heterocycles. The van der Waals surface area contributed by atoms with Gasteiger partial charge in [0.15, 0.2) is 0 Å².